The summed E-state index contributed by atoms with van der Waals surface area (Å²) in [6.45, 7) is 0.219. The van der Waals surface area contributed by atoms with E-state index in [1.165, 1.54) is 0 Å². The standard InChI is InChI=1S/C15H16O3/c1-17-14-9-5-6-12(10-14)15(16)11-18-13-7-3-2-4-8-13/h2-10,15-16H,11H2,1H3/t15-/m1/s1. The van der Waals surface area contributed by atoms with Gasteiger partial charge in [0, 0.05) is 0 Å². The number of benzene rings is 2. The maximum absolute atomic E-state index is 10.0. The normalized spacial score (nSPS) is 11.9. The smallest absolute Gasteiger partial charge is 0.119 e. The molecule has 18 heavy (non-hydrogen) atoms. The highest BCUT2D eigenvalue weighted by Crippen LogP contribution is 2.20. The van der Waals surface area contributed by atoms with Gasteiger partial charge in [0.25, 0.3) is 0 Å². The Morgan fingerprint density at radius 2 is 1.72 bits per heavy atom. The second-order valence-corrected chi connectivity index (χ2v) is 3.92. The zero-order chi connectivity index (χ0) is 12.8. The molecule has 0 bridgehead atoms. The Bertz CT molecular complexity index is 482. The Morgan fingerprint density at radius 1 is 1.00 bits per heavy atom. The van der Waals surface area contributed by atoms with Gasteiger partial charge in [0.05, 0.1) is 7.11 Å². The van der Waals surface area contributed by atoms with Gasteiger partial charge in [-0.3, -0.25) is 0 Å². The van der Waals surface area contributed by atoms with Crippen LogP contribution in [0.2, 0.25) is 0 Å². The van der Waals surface area contributed by atoms with Crippen molar-refractivity contribution in [2.24, 2.45) is 0 Å². The number of aliphatic hydroxyl groups is 1. The van der Waals surface area contributed by atoms with E-state index in [0.717, 1.165) is 17.1 Å². The molecule has 94 valence electrons. The summed E-state index contributed by atoms with van der Waals surface area (Å²) in [5.41, 5.74) is 0.783. The Kier molecular flexibility index (Phi) is 4.20. The molecule has 2 aromatic carbocycles. The maximum atomic E-state index is 10.0. The molecule has 0 saturated heterocycles. The molecule has 1 N–H and O–H groups in total. The summed E-state index contributed by atoms with van der Waals surface area (Å²) in [5.74, 6) is 1.48. The molecule has 0 aromatic heterocycles. The number of rotatable bonds is 5. The van der Waals surface area contributed by atoms with Gasteiger partial charge in [0.1, 0.15) is 24.2 Å². The van der Waals surface area contributed by atoms with Crippen molar-refractivity contribution in [3.63, 3.8) is 0 Å². The second-order valence-electron chi connectivity index (χ2n) is 3.92. The van der Waals surface area contributed by atoms with E-state index in [1.807, 2.05) is 48.5 Å². The van der Waals surface area contributed by atoms with E-state index in [1.54, 1.807) is 13.2 Å². The number of methoxy groups -OCH3 is 1. The molecule has 0 unspecified atom stereocenters. The van der Waals surface area contributed by atoms with Gasteiger partial charge in [-0.05, 0) is 29.8 Å². The number of aliphatic hydroxyl groups excluding tert-OH is 1. The molecule has 2 rings (SSSR count). The molecular weight excluding hydrogens is 228 g/mol. The lowest BCUT2D eigenvalue weighted by Crippen LogP contribution is -2.09. The zero-order valence-electron chi connectivity index (χ0n) is 10.2. The maximum Gasteiger partial charge on any atom is 0.119 e. The molecule has 0 aliphatic heterocycles. The van der Waals surface area contributed by atoms with Crippen LogP contribution in [0.15, 0.2) is 54.6 Å². The van der Waals surface area contributed by atoms with Crippen LogP contribution in [0, 0.1) is 0 Å². The van der Waals surface area contributed by atoms with E-state index in [2.05, 4.69) is 0 Å². The summed E-state index contributed by atoms with van der Waals surface area (Å²) >= 11 is 0. The van der Waals surface area contributed by atoms with Crippen LogP contribution < -0.4 is 9.47 Å². The average molecular weight is 244 g/mol. The zero-order valence-corrected chi connectivity index (χ0v) is 10.2. The van der Waals surface area contributed by atoms with E-state index < -0.39 is 6.10 Å². The topological polar surface area (TPSA) is 38.7 Å². The van der Waals surface area contributed by atoms with E-state index in [4.69, 9.17) is 9.47 Å². The fraction of sp³-hybridized carbons (Fsp3) is 0.200. The summed E-state index contributed by atoms with van der Waals surface area (Å²) in [4.78, 5) is 0. The predicted molar refractivity (Wildman–Crippen MR) is 69.9 cm³/mol. The van der Waals surface area contributed by atoms with Crippen LogP contribution in [0.1, 0.15) is 11.7 Å². The number of para-hydroxylation sites is 1. The predicted octanol–water partition coefficient (Wildman–Crippen LogP) is 2.81. The summed E-state index contributed by atoms with van der Waals surface area (Å²) in [7, 11) is 1.60. The van der Waals surface area contributed by atoms with Crippen molar-refractivity contribution < 1.29 is 14.6 Å². The molecule has 0 amide bonds. The molecule has 2 aromatic rings. The quantitative estimate of drug-likeness (QED) is 0.879. The molecule has 0 spiro atoms. The first-order valence-corrected chi connectivity index (χ1v) is 5.79. The van der Waals surface area contributed by atoms with Gasteiger partial charge in [-0.2, -0.15) is 0 Å². The Balaban J connectivity index is 1.97. The van der Waals surface area contributed by atoms with E-state index >= 15 is 0 Å². The van der Waals surface area contributed by atoms with Gasteiger partial charge in [0.15, 0.2) is 0 Å². The summed E-state index contributed by atoms with van der Waals surface area (Å²) in [5, 5.41) is 10.0. The van der Waals surface area contributed by atoms with Gasteiger partial charge in [-0.1, -0.05) is 30.3 Å². The highest BCUT2D eigenvalue weighted by molar-refractivity contribution is 5.30. The number of ether oxygens (including phenoxy) is 2. The third-order valence-electron chi connectivity index (χ3n) is 2.63. The summed E-state index contributed by atoms with van der Waals surface area (Å²) < 4.78 is 10.6. The minimum absolute atomic E-state index is 0.219. The summed E-state index contributed by atoms with van der Waals surface area (Å²) in [6, 6.07) is 16.8. The van der Waals surface area contributed by atoms with Crippen molar-refractivity contribution >= 4 is 0 Å². The van der Waals surface area contributed by atoms with Crippen molar-refractivity contribution in [2.75, 3.05) is 13.7 Å². The van der Waals surface area contributed by atoms with Gasteiger partial charge < -0.3 is 14.6 Å². The first kappa shape index (κ1) is 12.5. The van der Waals surface area contributed by atoms with Crippen LogP contribution in [0.5, 0.6) is 11.5 Å². The number of hydrogen-bond acceptors (Lipinski definition) is 3. The average Bonchev–Trinajstić information content (AvgIpc) is 2.46. The second kappa shape index (κ2) is 6.07. The Hall–Kier alpha value is -2.00. The highest BCUT2D eigenvalue weighted by Gasteiger charge is 2.09. The minimum Gasteiger partial charge on any atom is -0.497 e. The SMILES string of the molecule is COc1cccc([C@H](O)COc2ccccc2)c1. The molecule has 0 heterocycles. The first-order valence-electron chi connectivity index (χ1n) is 5.79. The molecule has 0 radical (unpaired) electrons. The first-order chi connectivity index (χ1) is 8.79. The molecule has 0 saturated carbocycles. The van der Waals surface area contributed by atoms with Gasteiger partial charge in [0.2, 0.25) is 0 Å². The molecular formula is C15H16O3. The van der Waals surface area contributed by atoms with Crippen LogP contribution in [-0.4, -0.2) is 18.8 Å². The molecule has 1 atom stereocenters. The largest absolute Gasteiger partial charge is 0.497 e. The lowest BCUT2D eigenvalue weighted by molar-refractivity contribution is 0.108. The monoisotopic (exact) mass is 244 g/mol. The van der Waals surface area contributed by atoms with Crippen molar-refractivity contribution in [1.29, 1.82) is 0 Å². The van der Waals surface area contributed by atoms with E-state index in [-0.39, 0.29) is 6.61 Å². The molecule has 3 heteroatoms. The number of hydrogen-bond donors (Lipinski definition) is 1. The third-order valence-corrected chi connectivity index (χ3v) is 2.63. The molecule has 0 aliphatic carbocycles. The highest BCUT2D eigenvalue weighted by atomic mass is 16.5. The molecule has 0 fully saturated rings. The van der Waals surface area contributed by atoms with Gasteiger partial charge in [-0.25, -0.2) is 0 Å². The Morgan fingerprint density at radius 3 is 2.44 bits per heavy atom. The molecule has 3 nitrogen and oxygen atoms in total. The molecule has 0 aliphatic rings. The van der Waals surface area contributed by atoms with Crippen molar-refractivity contribution in [3.8, 4) is 11.5 Å². The fourth-order valence-electron chi connectivity index (χ4n) is 1.64. The fourth-order valence-corrected chi connectivity index (χ4v) is 1.64. The van der Waals surface area contributed by atoms with Crippen LogP contribution in [0.25, 0.3) is 0 Å². The van der Waals surface area contributed by atoms with Crippen molar-refractivity contribution in [2.45, 2.75) is 6.10 Å². The van der Waals surface area contributed by atoms with E-state index in [0.29, 0.717) is 0 Å². The Labute approximate surface area is 107 Å². The van der Waals surface area contributed by atoms with Gasteiger partial charge >= 0.3 is 0 Å². The van der Waals surface area contributed by atoms with E-state index in [9.17, 15) is 5.11 Å². The third kappa shape index (κ3) is 3.25. The minimum atomic E-state index is -0.666. The van der Waals surface area contributed by atoms with Crippen molar-refractivity contribution in [1.82, 2.24) is 0 Å². The lowest BCUT2D eigenvalue weighted by atomic mass is 10.1. The lowest BCUT2D eigenvalue weighted by Gasteiger charge is -2.13. The van der Waals surface area contributed by atoms with Crippen LogP contribution >= 0.6 is 0 Å². The van der Waals surface area contributed by atoms with Crippen LogP contribution in [0.4, 0.5) is 0 Å². The van der Waals surface area contributed by atoms with Crippen molar-refractivity contribution in [3.05, 3.63) is 60.2 Å². The summed E-state index contributed by atoms with van der Waals surface area (Å²) in [6.07, 6.45) is -0.666. The van der Waals surface area contributed by atoms with Gasteiger partial charge in [-0.15, -0.1) is 0 Å². The van der Waals surface area contributed by atoms with Crippen LogP contribution in [0.3, 0.4) is 0 Å². The van der Waals surface area contributed by atoms with Crippen LogP contribution in [-0.2, 0) is 0 Å².